The molecule has 3 rings (SSSR count). The second kappa shape index (κ2) is 5.38. The summed E-state index contributed by atoms with van der Waals surface area (Å²) in [5.74, 6) is 0.918. The molecular weight excluding hydrogens is 226 g/mol. The highest BCUT2D eigenvalue weighted by atomic mass is 16.5. The number of morpholine rings is 1. The molecule has 1 aliphatic heterocycles. The summed E-state index contributed by atoms with van der Waals surface area (Å²) >= 11 is 0. The standard InChI is InChI=1S/C15H17NO2/c1-2-4-13-9-15(6-5-12(13)3-1)18-11-14-10-17-8-7-16-14/h1-6,9,14,16H,7-8,10-11H2. The van der Waals surface area contributed by atoms with Gasteiger partial charge in [-0.3, -0.25) is 0 Å². The molecule has 1 atom stereocenters. The molecule has 0 amide bonds. The van der Waals surface area contributed by atoms with Crippen molar-refractivity contribution in [2.24, 2.45) is 0 Å². The van der Waals surface area contributed by atoms with E-state index in [9.17, 15) is 0 Å². The summed E-state index contributed by atoms with van der Waals surface area (Å²) in [6.45, 7) is 3.09. The smallest absolute Gasteiger partial charge is 0.120 e. The lowest BCUT2D eigenvalue weighted by Gasteiger charge is -2.23. The van der Waals surface area contributed by atoms with Crippen molar-refractivity contribution < 1.29 is 9.47 Å². The van der Waals surface area contributed by atoms with Crippen LogP contribution in [-0.4, -0.2) is 32.4 Å². The second-order valence-corrected chi connectivity index (χ2v) is 4.55. The normalized spacial score (nSPS) is 19.9. The highest BCUT2D eigenvalue weighted by molar-refractivity contribution is 5.83. The summed E-state index contributed by atoms with van der Waals surface area (Å²) in [5, 5.41) is 5.83. The predicted molar refractivity (Wildman–Crippen MR) is 72.1 cm³/mol. The van der Waals surface area contributed by atoms with Gasteiger partial charge in [0.2, 0.25) is 0 Å². The lowest BCUT2D eigenvalue weighted by Crippen LogP contribution is -2.44. The Morgan fingerprint density at radius 2 is 2.06 bits per heavy atom. The third kappa shape index (κ3) is 2.63. The van der Waals surface area contributed by atoms with E-state index < -0.39 is 0 Å². The van der Waals surface area contributed by atoms with Crippen LogP contribution in [0.4, 0.5) is 0 Å². The maximum Gasteiger partial charge on any atom is 0.120 e. The molecule has 0 aromatic heterocycles. The molecule has 0 bridgehead atoms. The Morgan fingerprint density at radius 3 is 2.89 bits per heavy atom. The summed E-state index contributed by atoms with van der Waals surface area (Å²) < 4.78 is 11.2. The maximum atomic E-state index is 5.81. The van der Waals surface area contributed by atoms with Crippen molar-refractivity contribution >= 4 is 10.8 Å². The van der Waals surface area contributed by atoms with Gasteiger partial charge in [0.15, 0.2) is 0 Å². The third-order valence-corrected chi connectivity index (χ3v) is 3.17. The quantitative estimate of drug-likeness (QED) is 0.896. The molecular formula is C15H17NO2. The van der Waals surface area contributed by atoms with Gasteiger partial charge >= 0.3 is 0 Å². The molecule has 94 valence electrons. The molecule has 1 aliphatic rings. The molecule has 0 radical (unpaired) electrons. The Hall–Kier alpha value is -1.58. The number of hydrogen-bond acceptors (Lipinski definition) is 3. The molecule has 2 aromatic rings. The first-order chi connectivity index (χ1) is 8.92. The predicted octanol–water partition coefficient (Wildman–Crippen LogP) is 2.21. The van der Waals surface area contributed by atoms with Crippen molar-refractivity contribution in [2.75, 3.05) is 26.4 Å². The molecule has 1 N–H and O–H groups in total. The molecule has 3 nitrogen and oxygen atoms in total. The minimum atomic E-state index is 0.297. The molecule has 18 heavy (non-hydrogen) atoms. The van der Waals surface area contributed by atoms with Gasteiger partial charge in [-0.1, -0.05) is 30.3 Å². The number of hydrogen-bond donors (Lipinski definition) is 1. The van der Waals surface area contributed by atoms with Gasteiger partial charge in [0, 0.05) is 6.54 Å². The summed E-state index contributed by atoms with van der Waals surface area (Å²) in [7, 11) is 0. The van der Waals surface area contributed by atoms with E-state index in [1.807, 2.05) is 18.2 Å². The van der Waals surface area contributed by atoms with Crippen LogP contribution >= 0.6 is 0 Å². The van der Waals surface area contributed by atoms with Gasteiger partial charge in [-0.2, -0.15) is 0 Å². The average Bonchev–Trinajstić information content (AvgIpc) is 2.46. The molecule has 2 aromatic carbocycles. The van der Waals surface area contributed by atoms with Gasteiger partial charge in [0.1, 0.15) is 12.4 Å². The fraction of sp³-hybridized carbons (Fsp3) is 0.333. The Kier molecular flexibility index (Phi) is 3.44. The van der Waals surface area contributed by atoms with Crippen LogP contribution in [0.15, 0.2) is 42.5 Å². The van der Waals surface area contributed by atoms with Crippen molar-refractivity contribution in [1.82, 2.24) is 5.32 Å². The fourth-order valence-corrected chi connectivity index (χ4v) is 2.18. The first-order valence-electron chi connectivity index (χ1n) is 6.34. The van der Waals surface area contributed by atoms with Crippen LogP contribution < -0.4 is 10.1 Å². The fourth-order valence-electron chi connectivity index (χ4n) is 2.18. The van der Waals surface area contributed by atoms with Crippen molar-refractivity contribution in [2.45, 2.75) is 6.04 Å². The Bertz CT molecular complexity index is 521. The zero-order valence-electron chi connectivity index (χ0n) is 10.3. The van der Waals surface area contributed by atoms with Gasteiger partial charge in [-0.25, -0.2) is 0 Å². The summed E-state index contributed by atoms with van der Waals surface area (Å²) in [6.07, 6.45) is 0. The van der Waals surface area contributed by atoms with E-state index in [2.05, 4.69) is 29.6 Å². The molecule has 0 saturated carbocycles. The van der Waals surface area contributed by atoms with Crippen LogP contribution in [0.25, 0.3) is 10.8 Å². The van der Waals surface area contributed by atoms with E-state index in [1.165, 1.54) is 10.8 Å². The number of nitrogens with one attached hydrogen (secondary N) is 1. The van der Waals surface area contributed by atoms with Gasteiger partial charge in [0.25, 0.3) is 0 Å². The molecule has 1 heterocycles. The van der Waals surface area contributed by atoms with Crippen molar-refractivity contribution in [3.05, 3.63) is 42.5 Å². The zero-order valence-corrected chi connectivity index (χ0v) is 10.3. The van der Waals surface area contributed by atoms with E-state index in [-0.39, 0.29) is 0 Å². The topological polar surface area (TPSA) is 30.5 Å². The number of ether oxygens (including phenoxy) is 2. The lowest BCUT2D eigenvalue weighted by molar-refractivity contribution is 0.0593. The second-order valence-electron chi connectivity index (χ2n) is 4.55. The molecule has 3 heteroatoms. The Morgan fingerprint density at radius 1 is 1.17 bits per heavy atom. The highest BCUT2D eigenvalue weighted by Gasteiger charge is 2.13. The summed E-state index contributed by atoms with van der Waals surface area (Å²) in [6, 6.07) is 14.8. The van der Waals surface area contributed by atoms with Gasteiger partial charge < -0.3 is 14.8 Å². The number of benzene rings is 2. The minimum Gasteiger partial charge on any atom is -0.492 e. The monoisotopic (exact) mass is 243 g/mol. The molecule has 0 spiro atoms. The Labute approximate surface area is 107 Å². The highest BCUT2D eigenvalue weighted by Crippen LogP contribution is 2.20. The number of fused-ring (bicyclic) bond motifs is 1. The van der Waals surface area contributed by atoms with E-state index in [1.54, 1.807) is 0 Å². The van der Waals surface area contributed by atoms with Gasteiger partial charge in [0.05, 0.1) is 19.3 Å². The maximum absolute atomic E-state index is 5.81. The SMILES string of the molecule is c1ccc2cc(OCC3COCCN3)ccc2c1. The molecule has 1 saturated heterocycles. The van der Waals surface area contributed by atoms with Gasteiger partial charge in [-0.05, 0) is 22.9 Å². The zero-order chi connectivity index (χ0) is 12.2. The average molecular weight is 243 g/mol. The Balaban J connectivity index is 1.66. The van der Waals surface area contributed by atoms with Crippen molar-refractivity contribution in [3.8, 4) is 5.75 Å². The largest absolute Gasteiger partial charge is 0.492 e. The van der Waals surface area contributed by atoms with E-state index in [4.69, 9.17) is 9.47 Å². The third-order valence-electron chi connectivity index (χ3n) is 3.17. The first-order valence-corrected chi connectivity index (χ1v) is 6.34. The summed E-state index contributed by atoms with van der Waals surface area (Å²) in [5.41, 5.74) is 0. The molecule has 1 fully saturated rings. The number of rotatable bonds is 3. The van der Waals surface area contributed by atoms with Crippen LogP contribution in [0.1, 0.15) is 0 Å². The summed E-state index contributed by atoms with van der Waals surface area (Å²) in [4.78, 5) is 0. The molecule has 0 aliphatic carbocycles. The van der Waals surface area contributed by atoms with Crippen molar-refractivity contribution in [3.63, 3.8) is 0 Å². The molecule has 1 unspecified atom stereocenters. The van der Waals surface area contributed by atoms with Crippen molar-refractivity contribution in [1.29, 1.82) is 0 Å². The van der Waals surface area contributed by atoms with Crippen LogP contribution in [0.3, 0.4) is 0 Å². The van der Waals surface area contributed by atoms with Gasteiger partial charge in [-0.15, -0.1) is 0 Å². The van der Waals surface area contributed by atoms with Crippen LogP contribution in [0.5, 0.6) is 5.75 Å². The van der Waals surface area contributed by atoms with Crippen LogP contribution in [-0.2, 0) is 4.74 Å². The minimum absolute atomic E-state index is 0.297. The first kappa shape index (κ1) is 11.5. The van der Waals surface area contributed by atoms with E-state index >= 15 is 0 Å². The lowest BCUT2D eigenvalue weighted by atomic mass is 10.1. The van der Waals surface area contributed by atoms with Crippen LogP contribution in [0, 0.1) is 0 Å². The van der Waals surface area contributed by atoms with E-state index in [0.717, 1.165) is 25.5 Å². The van der Waals surface area contributed by atoms with E-state index in [0.29, 0.717) is 12.6 Å². The van der Waals surface area contributed by atoms with Crippen LogP contribution in [0.2, 0.25) is 0 Å².